The van der Waals surface area contributed by atoms with E-state index in [4.69, 9.17) is 10.5 Å². The molecule has 2 aromatic rings. The third-order valence-corrected chi connectivity index (χ3v) is 4.35. The van der Waals surface area contributed by atoms with E-state index in [9.17, 15) is 9.59 Å². The van der Waals surface area contributed by atoms with Gasteiger partial charge in [0.25, 0.3) is 0 Å². The maximum absolute atomic E-state index is 12.3. The number of carbonyl (C=O) groups is 2. The second-order valence-corrected chi connectivity index (χ2v) is 6.48. The van der Waals surface area contributed by atoms with Gasteiger partial charge in [0, 0.05) is 17.8 Å². The van der Waals surface area contributed by atoms with Gasteiger partial charge in [0.2, 0.25) is 5.91 Å². The summed E-state index contributed by atoms with van der Waals surface area (Å²) in [6.45, 7) is 2.26. The number of nitrogens with two attached hydrogens (primary N) is 1. The van der Waals surface area contributed by atoms with E-state index in [2.05, 4.69) is 10.6 Å². The molecule has 2 rings (SSSR count). The molecule has 0 bridgehead atoms. The molecule has 0 aromatic heterocycles. The summed E-state index contributed by atoms with van der Waals surface area (Å²) in [5.74, 6) is 0.248. The number of hydrogen-bond acceptors (Lipinski definition) is 4. The molecule has 144 valence electrons. The number of nitrogens with zero attached hydrogens (tertiary/aromatic N) is 1. The Balaban J connectivity index is 2.03. The molecule has 27 heavy (non-hydrogen) atoms. The number of amides is 3. The first-order valence-corrected chi connectivity index (χ1v) is 8.57. The fourth-order valence-corrected chi connectivity index (χ4v) is 2.69. The predicted molar refractivity (Wildman–Crippen MR) is 106 cm³/mol. The highest BCUT2D eigenvalue weighted by Crippen LogP contribution is 2.21. The minimum Gasteiger partial charge on any atom is -0.497 e. The molecule has 1 atom stereocenters. The minimum atomic E-state index is -0.536. The van der Waals surface area contributed by atoms with E-state index in [1.165, 1.54) is 0 Å². The Bertz CT molecular complexity index is 803. The topological polar surface area (TPSA) is 96.7 Å². The number of benzene rings is 2. The van der Waals surface area contributed by atoms with Gasteiger partial charge in [-0.2, -0.15) is 0 Å². The van der Waals surface area contributed by atoms with E-state index in [-0.39, 0.29) is 12.1 Å². The number of likely N-dealkylation sites (N-methyl/N-ethyl adjacent to an activating group) is 1. The number of methoxy groups -OCH3 is 1. The summed E-state index contributed by atoms with van der Waals surface area (Å²) in [6.07, 6.45) is 0. The zero-order valence-corrected chi connectivity index (χ0v) is 16.1. The van der Waals surface area contributed by atoms with E-state index in [0.717, 1.165) is 16.9 Å². The second-order valence-electron chi connectivity index (χ2n) is 6.48. The molecule has 0 saturated heterocycles. The van der Waals surface area contributed by atoms with Crippen LogP contribution in [0.15, 0.2) is 42.5 Å². The number of nitrogens with one attached hydrogen (secondary N) is 2. The summed E-state index contributed by atoms with van der Waals surface area (Å²) in [5, 5.41) is 5.65. The van der Waals surface area contributed by atoms with E-state index in [1.54, 1.807) is 25.3 Å². The van der Waals surface area contributed by atoms with Crippen LogP contribution in [0.5, 0.6) is 5.75 Å². The summed E-state index contributed by atoms with van der Waals surface area (Å²) < 4.78 is 5.19. The minimum absolute atomic E-state index is 0.000271. The number of urea groups is 1. The highest BCUT2D eigenvalue weighted by molar-refractivity contribution is 5.96. The molecule has 1 unspecified atom stereocenters. The van der Waals surface area contributed by atoms with Crippen molar-refractivity contribution in [2.24, 2.45) is 5.73 Å². The summed E-state index contributed by atoms with van der Waals surface area (Å²) in [6, 6.07) is 12.3. The average Bonchev–Trinajstić information content (AvgIpc) is 2.63. The van der Waals surface area contributed by atoms with E-state index in [0.29, 0.717) is 17.8 Å². The third kappa shape index (κ3) is 5.46. The largest absolute Gasteiger partial charge is 0.497 e. The molecular weight excluding hydrogens is 344 g/mol. The maximum Gasteiger partial charge on any atom is 0.319 e. The van der Waals surface area contributed by atoms with Crippen LogP contribution >= 0.6 is 0 Å². The van der Waals surface area contributed by atoms with Crippen LogP contribution < -0.4 is 21.1 Å². The number of rotatable bonds is 7. The first-order chi connectivity index (χ1) is 12.8. The Morgan fingerprint density at radius 3 is 2.37 bits per heavy atom. The maximum atomic E-state index is 12.3. The fourth-order valence-electron chi connectivity index (χ4n) is 2.69. The van der Waals surface area contributed by atoms with Gasteiger partial charge in [-0.1, -0.05) is 18.2 Å². The molecule has 0 spiro atoms. The van der Waals surface area contributed by atoms with Gasteiger partial charge in [-0.15, -0.1) is 0 Å². The molecule has 0 heterocycles. The molecule has 0 aliphatic carbocycles. The van der Waals surface area contributed by atoms with Gasteiger partial charge in [0.1, 0.15) is 5.75 Å². The lowest BCUT2D eigenvalue weighted by molar-refractivity contribution is 0.1000. The van der Waals surface area contributed by atoms with Gasteiger partial charge in [-0.05, 0) is 56.4 Å². The van der Waals surface area contributed by atoms with Crippen LogP contribution in [-0.2, 0) is 0 Å². The molecule has 0 aliphatic heterocycles. The number of aryl methyl sites for hydroxylation is 1. The van der Waals surface area contributed by atoms with Gasteiger partial charge in [0.05, 0.1) is 13.2 Å². The summed E-state index contributed by atoms with van der Waals surface area (Å²) >= 11 is 0. The van der Waals surface area contributed by atoms with Crippen LogP contribution in [0.2, 0.25) is 0 Å². The lowest BCUT2D eigenvalue weighted by Gasteiger charge is -2.25. The van der Waals surface area contributed by atoms with Crippen molar-refractivity contribution in [1.29, 1.82) is 0 Å². The average molecular weight is 370 g/mol. The Morgan fingerprint density at radius 2 is 1.81 bits per heavy atom. The van der Waals surface area contributed by atoms with Crippen LogP contribution in [0.25, 0.3) is 0 Å². The molecule has 0 fully saturated rings. The van der Waals surface area contributed by atoms with Gasteiger partial charge in [-0.3, -0.25) is 4.79 Å². The first-order valence-electron chi connectivity index (χ1n) is 8.57. The molecule has 7 heteroatoms. The molecule has 0 radical (unpaired) electrons. The van der Waals surface area contributed by atoms with Crippen molar-refractivity contribution in [2.45, 2.75) is 13.0 Å². The summed E-state index contributed by atoms with van der Waals surface area (Å²) in [4.78, 5) is 25.7. The van der Waals surface area contributed by atoms with Crippen molar-refractivity contribution in [2.75, 3.05) is 33.1 Å². The summed E-state index contributed by atoms with van der Waals surface area (Å²) in [7, 11) is 5.53. The van der Waals surface area contributed by atoms with Gasteiger partial charge >= 0.3 is 6.03 Å². The lowest BCUT2D eigenvalue weighted by atomic mass is 10.1. The first kappa shape index (κ1) is 20.3. The molecular formula is C20H26N4O3. The van der Waals surface area contributed by atoms with Gasteiger partial charge in [0.15, 0.2) is 0 Å². The van der Waals surface area contributed by atoms with Gasteiger partial charge in [-0.25, -0.2) is 4.79 Å². The van der Waals surface area contributed by atoms with Crippen molar-refractivity contribution in [3.63, 3.8) is 0 Å². The van der Waals surface area contributed by atoms with Crippen LogP contribution in [0.3, 0.4) is 0 Å². The zero-order chi connectivity index (χ0) is 20.0. The Labute approximate surface area is 159 Å². The molecule has 2 aromatic carbocycles. The normalized spacial score (nSPS) is 11.7. The predicted octanol–water partition coefficient (Wildman–Crippen LogP) is 2.53. The van der Waals surface area contributed by atoms with Crippen molar-refractivity contribution in [3.8, 4) is 5.75 Å². The van der Waals surface area contributed by atoms with Crippen molar-refractivity contribution in [1.82, 2.24) is 10.2 Å². The lowest BCUT2D eigenvalue weighted by Crippen LogP contribution is -2.37. The molecule has 7 nitrogen and oxygen atoms in total. The second kappa shape index (κ2) is 9.05. The van der Waals surface area contributed by atoms with Crippen LogP contribution in [0, 0.1) is 6.92 Å². The standard InChI is InChI=1S/C20H26N4O3/c1-13-5-6-15(19(21)25)11-17(13)23-20(26)22-12-18(24(2)3)14-7-9-16(27-4)10-8-14/h5-11,18H,12H2,1-4H3,(H2,21,25)(H2,22,23,26). The molecule has 0 aliphatic rings. The van der Waals surface area contributed by atoms with Crippen LogP contribution in [-0.4, -0.2) is 44.6 Å². The fraction of sp³-hybridized carbons (Fsp3) is 0.300. The number of carbonyl (C=O) groups excluding carboxylic acids is 2. The van der Waals surface area contributed by atoms with E-state index in [1.807, 2.05) is 50.2 Å². The summed E-state index contributed by atoms with van der Waals surface area (Å²) in [5.41, 5.74) is 8.10. The monoisotopic (exact) mass is 370 g/mol. The van der Waals surface area contributed by atoms with E-state index >= 15 is 0 Å². The van der Waals surface area contributed by atoms with Crippen LogP contribution in [0.4, 0.5) is 10.5 Å². The van der Waals surface area contributed by atoms with Crippen molar-refractivity contribution < 1.29 is 14.3 Å². The highest BCUT2D eigenvalue weighted by atomic mass is 16.5. The number of anilines is 1. The number of primary amides is 1. The third-order valence-electron chi connectivity index (χ3n) is 4.35. The quantitative estimate of drug-likeness (QED) is 0.698. The van der Waals surface area contributed by atoms with E-state index < -0.39 is 5.91 Å². The smallest absolute Gasteiger partial charge is 0.319 e. The van der Waals surface area contributed by atoms with Gasteiger partial charge < -0.3 is 26.0 Å². The molecule has 4 N–H and O–H groups in total. The zero-order valence-electron chi connectivity index (χ0n) is 16.1. The number of ether oxygens (including phenoxy) is 1. The Kier molecular flexibility index (Phi) is 6.79. The molecule has 0 saturated carbocycles. The van der Waals surface area contributed by atoms with Crippen LogP contribution in [0.1, 0.15) is 27.5 Å². The SMILES string of the molecule is COc1ccc(C(CNC(=O)Nc2cc(C(N)=O)ccc2C)N(C)C)cc1. The number of hydrogen-bond donors (Lipinski definition) is 3. The Morgan fingerprint density at radius 1 is 1.15 bits per heavy atom. The molecule has 3 amide bonds. The van der Waals surface area contributed by atoms with Crippen molar-refractivity contribution in [3.05, 3.63) is 59.2 Å². The van der Waals surface area contributed by atoms with Crippen molar-refractivity contribution >= 4 is 17.6 Å². The Hall–Kier alpha value is -3.06. The highest BCUT2D eigenvalue weighted by Gasteiger charge is 2.16.